The van der Waals surface area contributed by atoms with Gasteiger partial charge < -0.3 is 20.1 Å². The van der Waals surface area contributed by atoms with Crippen molar-refractivity contribution in [3.8, 4) is 0 Å². The molecular weight excluding hydrogens is 978 g/mol. The van der Waals surface area contributed by atoms with Crippen molar-refractivity contribution >= 4 is 19.8 Å². The Labute approximate surface area is 472 Å². The first-order valence-corrected chi connectivity index (χ1v) is 32.2. The minimum Gasteiger partial charge on any atom is -0.462 e. The second-order valence-corrected chi connectivity index (χ2v) is 21.3. The van der Waals surface area contributed by atoms with E-state index in [4.69, 9.17) is 24.3 Å². The van der Waals surface area contributed by atoms with Crippen LogP contribution in [0.15, 0.2) is 134 Å². The van der Waals surface area contributed by atoms with Gasteiger partial charge in [0.25, 0.3) is 0 Å². The Balaban J connectivity index is 4.08. The molecule has 0 aliphatic heterocycles. The van der Waals surface area contributed by atoms with Crippen molar-refractivity contribution in [2.24, 2.45) is 5.73 Å². The second kappa shape index (κ2) is 61.4. The van der Waals surface area contributed by atoms with Gasteiger partial charge in [0.05, 0.1) is 13.2 Å². The fourth-order valence-electron chi connectivity index (χ4n) is 8.05. The third kappa shape index (κ3) is 61.2. The molecule has 0 aromatic carbocycles. The molecule has 0 amide bonds. The van der Waals surface area contributed by atoms with Crippen LogP contribution >= 0.6 is 7.82 Å². The number of allylic oxidation sites excluding steroid dienone is 22. The quantitative estimate of drug-likeness (QED) is 0.0264. The van der Waals surface area contributed by atoms with Crippen LogP contribution < -0.4 is 5.73 Å². The van der Waals surface area contributed by atoms with Crippen molar-refractivity contribution in [2.75, 3.05) is 26.4 Å². The average Bonchev–Trinajstić information content (AvgIpc) is 3.42. The first-order valence-electron chi connectivity index (χ1n) is 30.7. The maximum atomic E-state index is 12.7. The molecule has 0 aliphatic carbocycles. The van der Waals surface area contributed by atoms with Gasteiger partial charge in [-0.05, 0) is 96.3 Å². The van der Waals surface area contributed by atoms with Gasteiger partial charge >= 0.3 is 19.8 Å². The lowest BCUT2D eigenvalue weighted by Gasteiger charge is -2.19. The van der Waals surface area contributed by atoms with Crippen LogP contribution in [0.3, 0.4) is 0 Å². The van der Waals surface area contributed by atoms with E-state index in [0.29, 0.717) is 6.42 Å². The van der Waals surface area contributed by atoms with Gasteiger partial charge in [-0.2, -0.15) is 0 Å². The number of phosphoric acid groups is 1. The van der Waals surface area contributed by atoms with E-state index in [-0.39, 0.29) is 32.6 Å². The number of phosphoric ester groups is 1. The van der Waals surface area contributed by atoms with Crippen molar-refractivity contribution in [3.05, 3.63) is 134 Å². The number of carbonyl (C=O) groups excluding carboxylic acids is 2. The second-order valence-electron chi connectivity index (χ2n) is 19.8. The molecule has 438 valence electrons. The molecule has 3 N–H and O–H groups in total. The number of hydrogen-bond acceptors (Lipinski definition) is 8. The van der Waals surface area contributed by atoms with E-state index in [0.717, 1.165) is 109 Å². The van der Waals surface area contributed by atoms with E-state index in [1.165, 1.54) is 103 Å². The molecule has 0 rings (SSSR count). The van der Waals surface area contributed by atoms with Crippen LogP contribution in [0.4, 0.5) is 0 Å². The van der Waals surface area contributed by atoms with Crippen molar-refractivity contribution in [1.82, 2.24) is 0 Å². The molecule has 9 nitrogen and oxygen atoms in total. The van der Waals surface area contributed by atoms with Gasteiger partial charge in [0.1, 0.15) is 6.61 Å². The zero-order valence-corrected chi connectivity index (χ0v) is 49.8. The fraction of sp³-hybridized carbons (Fsp3) is 0.642. The molecule has 0 radical (unpaired) electrons. The van der Waals surface area contributed by atoms with E-state index in [9.17, 15) is 19.0 Å². The molecule has 77 heavy (non-hydrogen) atoms. The third-order valence-corrected chi connectivity index (χ3v) is 13.5. The summed E-state index contributed by atoms with van der Waals surface area (Å²) in [5.41, 5.74) is 5.38. The molecule has 0 fully saturated rings. The molecule has 2 atom stereocenters. The smallest absolute Gasteiger partial charge is 0.462 e. The number of nitrogens with two attached hydrogens (primary N) is 1. The summed E-state index contributed by atoms with van der Waals surface area (Å²) in [6.45, 7) is 3.60. The average molecular weight is 1090 g/mol. The summed E-state index contributed by atoms with van der Waals surface area (Å²) in [4.78, 5) is 35.2. The number of hydrogen-bond donors (Lipinski definition) is 2. The number of esters is 2. The van der Waals surface area contributed by atoms with Gasteiger partial charge in [0.2, 0.25) is 0 Å². The highest BCUT2D eigenvalue weighted by Crippen LogP contribution is 2.43. The van der Waals surface area contributed by atoms with Gasteiger partial charge in [-0.3, -0.25) is 18.6 Å². The summed E-state index contributed by atoms with van der Waals surface area (Å²) >= 11 is 0. The summed E-state index contributed by atoms with van der Waals surface area (Å²) in [7, 11) is -4.41. The molecule has 0 saturated heterocycles. The standard InChI is InChI=1S/C67H112NO8P/c1-3-5-7-9-11-13-15-17-19-21-23-24-25-26-27-28-29-30-31-32-33-34-35-36-37-38-39-40-42-44-46-48-50-52-54-56-58-60-67(70)76-65(64-75-77(71,72)74-62-61-68)63-73-66(69)59-57-55-53-51-49-47-45-43-41-22-20-18-16-14-12-10-8-6-4-2/h5,7,11,13,17,19,23-24,26-27,29-30,32-33,35-36,38-39,42,44,48,50,65H,3-4,6,8-10,12,14-16,18,20-22,25,28,31,34,37,40-41,43,45-47,49,51-64,68H2,1-2H3,(H,71,72)/b7-5-,13-11-,19-17-,24-23-,27-26-,30-29-,33-32-,36-35-,39-38-,44-42-,50-48-. The number of ether oxygens (including phenoxy) is 2. The Kier molecular flexibility index (Phi) is 58.3. The van der Waals surface area contributed by atoms with Crippen molar-refractivity contribution < 1.29 is 37.6 Å². The first-order chi connectivity index (χ1) is 37.8. The van der Waals surface area contributed by atoms with Gasteiger partial charge in [-0.25, -0.2) is 4.57 Å². The van der Waals surface area contributed by atoms with Crippen LogP contribution in [0.5, 0.6) is 0 Å². The zero-order chi connectivity index (χ0) is 55.9. The Morgan fingerprint density at radius 1 is 0.403 bits per heavy atom. The van der Waals surface area contributed by atoms with Gasteiger partial charge in [-0.1, -0.05) is 270 Å². The Hall–Kier alpha value is -3.85. The van der Waals surface area contributed by atoms with Crippen LogP contribution in [0.2, 0.25) is 0 Å². The zero-order valence-electron chi connectivity index (χ0n) is 48.9. The molecule has 2 unspecified atom stereocenters. The molecule has 0 saturated carbocycles. The number of rotatable bonds is 56. The monoisotopic (exact) mass is 1090 g/mol. The predicted molar refractivity (Wildman–Crippen MR) is 330 cm³/mol. The van der Waals surface area contributed by atoms with Crippen LogP contribution in [0.1, 0.15) is 245 Å². The summed E-state index contributed by atoms with van der Waals surface area (Å²) < 4.78 is 33.0. The Morgan fingerprint density at radius 2 is 0.714 bits per heavy atom. The maximum Gasteiger partial charge on any atom is 0.472 e. The van der Waals surface area contributed by atoms with Gasteiger partial charge in [0, 0.05) is 19.4 Å². The van der Waals surface area contributed by atoms with Crippen LogP contribution in [-0.4, -0.2) is 49.3 Å². The molecule has 0 spiro atoms. The molecular formula is C67H112NO8P. The number of carbonyl (C=O) groups is 2. The van der Waals surface area contributed by atoms with Crippen molar-refractivity contribution in [3.63, 3.8) is 0 Å². The van der Waals surface area contributed by atoms with E-state index in [2.05, 4.69) is 148 Å². The van der Waals surface area contributed by atoms with E-state index < -0.39 is 32.5 Å². The molecule has 0 aromatic rings. The SMILES string of the molecule is CC/C=C\C/C=C\C/C=C\C/C=C\C/C=C\C/C=C\C/C=C\C/C=C\C/C=C\C/C=C\C/C=C\CCCCCC(=O)OC(COC(=O)CCCCCCCCCCCCCCCCCCCCC)COP(=O)(O)OCCN. The summed E-state index contributed by atoms with van der Waals surface area (Å²) in [5, 5.41) is 0. The predicted octanol–water partition coefficient (Wildman–Crippen LogP) is 19.7. The lowest BCUT2D eigenvalue weighted by atomic mass is 10.0. The summed E-state index contributed by atoms with van der Waals surface area (Å²) in [5.74, 6) is -0.868. The largest absolute Gasteiger partial charge is 0.472 e. The molecule has 10 heteroatoms. The lowest BCUT2D eigenvalue weighted by Crippen LogP contribution is -2.29. The number of unbranched alkanes of at least 4 members (excludes halogenated alkanes) is 21. The highest BCUT2D eigenvalue weighted by molar-refractivity contribution is 7.47. The Bertz CT molecular complexity index is 1720. The van der Waals surface area contributed by atoms with E-state index in [1.54, 1.807) is 0 Å². The van der Waals surface area contributed by atoms with E-state index in [1.807, 2.05) is 0 Å². The van der Waals surface area contributed by atoms with Crippen LogP contribution in [0, 0.1) is 0 Å². The Morgan fingerprint density at radius 3 is 1.06 bits per heavy atom. The topological polar surface area (TPSA) is 134 Å². The van der Waals surface area contributed by atoms with Crippen LogP contribution in [-0.2, 0) is 32.7 Å². The minimum atomic E-state index is -4.41. The highest BCUT2D eigenvalue weighted by atomic mass is 31.2. The van der Waals surface area contributed by atoms with Gasteiger partial charge in [0.15, 0.2) is 6.10 Å². The molecule has 0 aliphatic rings. The maximum absolute atomic E-state index is 12.7. The third-order valence-electron chi connectivity index (χ3n) is 12.6. The summed E-state index contributed by atoms with van der Waals surface area (Å²) in [6, 6.07) is 0. The van der Waals surface area contributed by atoms with Gasteiger partial charge in [-0.15, -0.1) is 0 Å². The minimum absolute atomic E-state index is 0.0421. The molecule has 0 heterocycles. The van der Waals surface area contributed by atoms with Crippen LogP contribution in [0.25, 0.3) is 0 Å². The molecule has 0 bridgehead atoms. The molecule has 0 aromatic heterocycles. The highest BCUT2D eigenvalue weighted by Gasteiger charge is 2.26. The van der Waals surface area contributed by atoms with E-state index >= 15 is 0 Å². The lowest BCUT2D eigenvalue weighted by molar-refractivity contribution is -0.161. The normalized spacial score (nSPS) is 14.0. The summed E-state index contributed by atoms with van der Waals surface area (Å²) in [6.07, 6.45) is 86.6. The first kappa shape index (κ1) is 73.2. The van der Waals surface area contributed by atoms with Crippen molar-refractivity contribution in [1.29, 1.82) is 0 Å². The fourth-order valence-corrected chi connectivity index (χ4v) is 8.82. The van der Waals surface area contributed by atoms with Crippen molar-refractivity contribution in [2.45, 2.75) is 251 Å².